The maximum Gasteiger partial charge on any atom is 2.00 e. The van der Waals surface area contributed by atoms with Crippen molar-refractivity contribution in [3.05, 3.63) is 182 Å². The molecule has 0 aromatic heterocycles. The summed E-state index contributed by atoms with van der Waals surface area (Å²) >= 11 is 0. The molecule has 41 heavy (non-hydrogen) atoms. The Bertz CT molecular complexity index is 1270. The van der Waals surface area contributed by atoms with Gasteiger partial charge in [-0.2, -0.15) is 0 Å². The molecule has 0 fully saturated rings. The third kappa shape index (κ3) is 6.97. The number of hydrogen-bond acceptors (Lipinski definition) is 2. The van der Waals surface area contributed by atoms with Gasteiger partial charge < -0.3 is 9.59 Å². The van der Waals surface area contributed by atoms with E-state index in [0.717, 1.165) is 31.1 Å². The first-order chi connectivity index (χ1) is 19.6. The largest absolute Gasteiger partial charge is 2.00 e. The molecule has 0 heterocycles. The van der Waals surface area contributed by atoms with Crippen molar-refractivity contribution in [2.45, 2.75) is 0 Å². The molecule has 2 nitrogen and oxygen atoms in total. The molecule has 0 bridgehead atoms. The molecule has 6 aromatic carbocycles. The molecule has 0 atom stereocenters. The van der Waals surface area contributed by atoms with Crippen LogP contribution in [0.15, 0.2) is 182 Å². The van der Waals surface area contributed by atoms with Crippen molar-refractivity contribution in [3.63, 3.8) is 0 Å². The molecule has 0 unspecified atom stereocenters. The number of benzene rings is 6. The van der Waals surface area contributed by atoms with E-state index in [4.69, 9.17) is 0 Å². The van der Waals surface area contributed by atoms with Gasteiger partial charge in [0.1, 0.15) is 0 Å². The average Bonchev–Trinajstić information content (AvgIpc) is 3.07. The zero-order chi connectivity index (χ0) is 27.7. The van der Waals surface area contributed by atoms with Crippen molar-refractivity contribution in [1.82, 2.24) is 0 Å². The van der Waals surface area contributed by atoms with Crippen molar-refractivity contribution >= 4 is 93.2 Å². The second-order valence-electron chi connectivity index (χ2n) is 9.56. The molecule has 6 rings (SSSR count). The van der Waals surface area contributed by atoms with Gasteiger partial charge in [-0.15, -0.1) is 0 Å². The third-order valence-corrected chi connectivity index (χ3v) is 14.0. The fraction of sp³-hybridized carbons (Fsp3) is 0. The number of rotatable bonds is 6. The van der Waals surface area contributed by atoms with Gasteiger partial charge in [0.05, 0.1) is 16.6 Å². The van der Waals surface area contributed by atoms with Crippen molar-refractivity contribution in [2.24, 2.45) is 0 Å². The smallest absolute Gasteiger partial charge is 0.848 e. The predicted octanol–water partition coefficient (Wildman–Crippen LogP) is 1.65. The van der Waals surface area contributed by atoms with Gasteiger partial charge in [-0.3, -0.25) is 0 Å². The van der Waals surface area contributed by atoms with Crippen LogP contribution in [0.3, 0.4) is 0 Å². The Morgan fingerprint density at radius 3 is 0.488 bits per heavy atom. The van der Waals surface area contributed by atoms with E-state index in [1.54, 1.807) is 0 Å². The summed E-state index contributed by atoms with van der Waals surface area (Å²) in [5, 5.41) is 5.40. The summed E-state index contributed by atoms with van der Waals surface area (Å²) in [4.78, 5) is 27.7. The van der Waals surface area contributed by atoms with E-state index in [0.29, 0.717) is 0 Å². The quantitative estimate of drug-likeness (QED) is 0.206. The van der Waals surface area contributed by atoms with Crippen LogP contribution >= 0.6 is 0 Å². The van der Waals surface area contributed by atoms with E-state index in [1.807, 2.05) is 182 Å². The van der Waals surface area contributed by atoms with Crippen LogP contribution in [0.5, 0.6) is 0 Å². The Hall–Kier alpha value is -2.85. The van der Waals surface area contributed by atoms with Gasteiger partial charge in [0, 0.05) is 0 Å². The summed E-state index contributed by atoms with van der Waals surface area (Å²) in [7, 11) is -6.26. The number of hydrogen-bond donors (Lipinski definition) is 0. The first-order valence-corrected chi connectivity index (χ1v) is 17.2. The second-order valence-corrected chi connectivity index (χ2v) is 15.7. The molecule has 0 saturated heterocycles. The Kier molecular flexibility index (Phi) is 11.3. The second kappa shape index (κ2) is 14.9. The summed E-state index contributed by atoms with van der Waals surface area (Å²) in [5.74, 6) is 0. The molecule has 0 radical (unpaired) electrons. The zero-order valence-electron chi connectivity index (χ0n) is 22.8. The molecule has 5 heteroatoms. The molecule has 0 saturated carbocycles. The monoisotopic (exact) mass is 638 g/mol. The van der Waals surface area contributed by atoms with E-state index in [2.05, 4.69) is 0 Å². The summed E-state index contributed by atoms with van der Waals surface area (Å²) in [6.45, 7) is 0. The van der Waals surface area contributed by atoms with Gasteiger partial charge in [-0.05, 0) is 0 Å². The van der Waals surface area contributed by atoms with Crippen LogP contribution in [0.25, 0.3) is 0 Å². The van der Waals surface area contributed by atoms with Crippen LogP contribution in [0.2, 0.25) is 0 Å². The van der Waals surface area contributed by atoms with Crippen LogP contribution in [-0.2, 0) is 0 Å². The summed E-state index contributed by atoms with van der Waals surface area (Å²) in [5.41, 5.74) is 0. The standard InChI is InChI=1S/2C18H15OSi.Sr/c2*19-20(16-10-4-1-5-11-16,17-12-6-2-7-13-17)18-14-8-3-9-15-18;/h2*1-15H;/q2*-1;+2. The van der Waals surface area contributed by atoms with Crippen LogP contribution in [0.1, 0.15) is 0 Å². The SMILES string of the molecule is [O-][Si](c1ccccc1)(c1ccccc1)c1ccccc1.[O-][Si](c1ccccc1)(c1ccccc1)c1ccccc1.[Sr+2]. The third-order valence-electron chi connectivity index (χ3n) is 7.08. The summed E-state index contributed by atoms with van der Waals surface area (Å²) in [6.07, 6.45) is 0. The Balaban J connectivity index is 0.000000184. The van der Waals surface area contributed by atoms with Gasteiger partial charge in [-0.1, -0.05) is 213 Å². The molecule has 0 aliphatic carbocycles. The van der Waals surface area contributed by atoms with E-state index < -0.39 is 16.6 Å². The van der Waals surface area contributed by atoms with Gasteiger partial charge in [0.15, 0.2) is 0 Å². The maximum absolute atomic E-state index is 13.8. The van der Waals surface area contributed by atoms with Crippen molar-refractivity contribution < 1.29 is 9.59 Å². The molecule has 0 aliphatic rings. The Morgan fingerprint density at radius 2 is 0.366 bits per heavy atom. The molecule has 0 aliphatic heterocycles. The molecule has 6 aromatic rings. The van der Waals surface area contributed by atoms with Crippen LogP contribution in [-0.4, -0.2) is 62.1 Å². The fourth-order valence-corrected chi connectivity index (χ4v) is 11.0. The van der Waals surface area contributed by atoms with Gasteiger partial charge in [0.2, 0.25) is 0 Å². The summed E-state index contributed by atoms with van der Waals surface area (Å²) < 4.78 is 0. The molecule has 0 N–H and O–H groups in total. The normalized spacial score (nSPS) is 11.0. The topological polar surface area (TPSA) is 46.1 Å². The average molecular weight is 638 g/mol. The molecule has 0 spiro atoms. The van der Waals surface area contributed by atoms with E-state index in [1.165, 1.54) is 0 Å². The maximum atomic E-state index is 13.8. The molecular formula is C36H30O2Si2Sr. The van der Waals surface area contributed by atoms with Crippen LogP contribution < -0.4 is 40.7 Å². The first-order valence-electron chi connectivity index (χ1n) is 13.4. The van der Waals surface area contributed by atoms with E-state index >= 15 is 0 Å². The molecule has 0 amide bonds. The zero-order valence-corrected chi connectivity index (χ0v) is 28.3. The molecule has 196 valence electrons. The van der Waals surface area contributed by atoms with Gasteiger partial charge in [0.25, 0.3) is 0 Å². The van der Waals surface area contributed by atoms with Crippen molar-refractivity contribution in [1.29, 1.82) is 0 Å². The van der Waals surface area contributed by atoms with Crippen molar-refractivity contribution in [3.8, 4) is 0 Å². The van der Waals surface area contributed by atoms with E-state index in [-0.39, 0.29) is 45.5 Å². The Morgan fingerprint density at radius 1 is 0.244 bits per heavy atom. The van der Waals surface area contributed by atoms with Gasteiger partial charge in [-0.25, -0.2) is 0 Å². The summed E-state index contributed by atoms with van der Waals surface area (Å²) in [6, 6.07) is 58.6. The van der Waals surface area contributed by atoms with Crippen LogP contribution in [0, 0.1) is 0 Å². The van der Waals surface area contributed by atoms with E-state index in [9.17, 15) is 9.59 Å². The minimum Gasteiger partial charge on any atom is -0.848 e. The first kappa shape index (κ1) is 31.1. The Labute approximate surface area is 282 Å². The fourth-order valence-electron chi connectivity index (χ4n) is 5.04. The van der Waals surface area contributed by atoms with Crippen LogP contribution in [0.4, 0.5) is 0 Å². The molecular weight excluding hydrogens is 608 g/mol. The van der Waals surface area contributed by atoms with Crippen molar-refractivity contribution in [2.75, 3.05) is 0 Å². The minimum atomic E-state index is -3.13. The van der Waals surface area contributed by atoms with Gasteiger partial charge >= 0.3 is 45.5 Å². The predicted molar refractivity (Wildman–Crippen MR) is 174 cm³/mol. The minimum absolute atomic E-state index is 0.